The molecule has 0 saturated heterocycles. The largest absolute Gasteiger partial charge is 0.481 e. The number of carboxylic acids is 1. The number of aliphatic carboxylic acids is 1. The molecule has 26 heavy (non-hydrogen) atoms. The molecule has 1 amide bonds. The van der Waals surface area contributed by atoms with E-state index in [1.54, 1.807) is 0 Å². The van der Waals surface area contributed by atoms with E-state index in [0.717, 1.165) is 34.7 Å². The third-order valence-corrected chi connectivity index (χ3v) is 7.30. The van der Waals surface area contributed by atoms with E-state index in [0.29, 0.717) is 36.1 Å². The molecule has 0 aromatic carbocycles. The number of aromatic nitrogens is 2. The van der Waals surface area contributed by atoms with E-state index in [4.69, 9.17) is 4.52 Å². The van der Waals surface area contributed by atoms with Gasteiger partial charge < -0.3 is 14.9 Å². The highest BCUT2D eigenvalue weighted by Crippen LogP contribution is 2.73. The van der Waals surface area contributed by atoms with Gasteiger partial charge in [-0.2, -0.15) is 4.98 Å². The van der Waals surface area contributed by atoms with Crippen molar-refractivity contribution in [2.75, 3.05) is 5.32 Å². The first-order chi connectivity index (χ1) is 12.3. The van der Waals surface area contributed by atoms with Gasteiger partial charge in [0.2, 0.25) is 5.91 Å². The molecule has 136 valence electrons. The molecular weight excluding hydrogens is 354 g/mol. The topological polar surface area (TPSA) is 105 Å². The highest BCUT2D eigenvalue weighted by atomic mass is 32.1. The first-order valence-electron chi connectivity index (χ1n) is 8.82. The highest BCUT2D eigenvalue weighted by Gasteiger charge is 2.75. The molecule has 2 aromatic rings. The molecule has 4 aliphatic rings. The van der Waals surface area contributed by atoms with Crippen LogP contribution in [-0.4, -0.2) is 27.1 Å². The quantitative estimate of drug-likeness (QED) is 0.831. The summed E-state index contributed by atoms with van der Waals surface area (Å²) in [5.41, 5.74) is 0.637. The lowest BCUT2D eigenvalue weighted by molar-refractivity contribution is -0.217. The lowest BCUT2D eigenvalue weighted by Crippen LogP contribution is -2.69. The smallest absolute Gasteiger partial charge is 0.309 e. The zero-order valence-corrected chi connectivity index (χ0v) is 15.4. The summed E-state index contributed by atoms with van der Waals surface area (Å²) < 4.78 is 5.47. The number of anilines is 1. The van der Waals surface area contributed by atoms with Crippen molar-refractivity contribution in [3.63, 3.8) is 0 Å². The molecule has 0 spiro atoms. The molecule has 6 rings (SSSR count). The van der Waals surface area contributed by atoms with Crippen LogP contribution in [0.5, 0.6) is 0 Å². The summed E-state index contributed by atoms with van der Waals surface area (Å²) in [6, 6.07) is 0. The van der Waals surface area contributed by atoms with Crippen molar-refractivity contribution < 1.29 is 19.2 Å². The number of amides is 1. The predicted octanol–water partition coefficient (Wildman–Crippen LogP) is 3.49. The number of nitrogens with one attached hydrogen (secondary N) is 1. The van der Waals surface area contributed by atoms with Crippen LogP contribution in [0, 0.1) is 24.7 Å². The Kier molecular flexibility index (Phi) is 3.04. The zero-order valence-electron chi connectivity index (χ0n) is 14.6. The van der Waals surface area contributed by atoms with E-state index < -0.39 is 16.8 Å². The third kappa shape index (κ3) is 2.05. The summed E-state index contributed by atoms with van der Waals surface area (Å²) in [7, 11) is 0. The Bertz CT molecular complexity index is 936. The van der Waals surface area contributed by atoms with E-state index >= 15 is 0 Å². The number of carbonyl (C=O) groups excluding carboxylic acids is 1. The van der Waals surface area contributed by atoms with Gasteiger partial charge in [-0.1, -0.05) is 5.16 Å². The molecule has 4 aliphatic carbocycles. The molecule has 2 N–H and O–H groups in total. The maximum atomic E-state index is 12.8. The Morgan fingerprint density at radius 2 is 1.92 bits per heavy atom. The van der Waals surface area contributed by atoms with Crippen molar-refractivity contribution in [1.82, 2.24) is 10.1 Å². The minimum absolute atomic E-state index is 0.0925. The van der Waals surface area contributed by atoms with E-state index in [9.17, 15) is 14.7 Å². The minimum atomic E-state index is -0.783. The Balaban J connectivity index is 1.40. The summed E-state index contributed by atoms with van der Waals surface area (Å²) in [5, 5.41) is 17.1. The van der Waals surface area contributed by atoms with E-state index in [1.807, 2.05) is 13.8 Å². The first-order valence-corrected chi connectivity index (χ1v) is 9.64. The number of thiophene rings is 1. The lowest BCUT2D eigenvalue weighted by atomic mass is 9.35. The van der Waals surface area contributed by atoms with E-state index in [-0.39, 0.29) is 5.91 Å². The second-order valence-electron chi connectivity index (χ2n) is 8.07. The van der Waals surface area contributed by atoms with Crippen LogP contribution in [0.1, 0.15) is 54.3 Å². The van der Waals surface area contributed by atoms with Crippen LogP contribution in [0.15, 0.2) is 4.52 Å². The Morgan fingerprint density at radius 1 is 1.23 bits per heavy atom. The molecule has 0 atom stereocenters. The number of carbonyl (C=O) groups is 2. The van der Waals surface area contributed by atoms with E-state index in [2.05, 4.69) is 15.5 Å². The van der Waals surface area contributed by atoms with Crippen LogP contribution in [0.2, 0.25) is 0 Å². The second-order valence-corrected chi connectivity index (χ2v) is 9.29. The molecule has 4 saturated carbocycles. The van der Waals surface area contributed by atoms with Crippen molar-refractivity contribution >= 4 is 28.2 Å². The number of hydrogen-bond acceptors (Lipinski definition) is 6. The van der Waals surface area contributed by atoms with Gasteiger partial charge in [0, 0.05) is 10.8 Å². The summed E-state index contributed by atoms with van der Waals surface area (Å²) in [6.45, 7) is 3.98. The van der Waals surface area contributed by atoms with Gasteiger partial charge in [0.1, 0.15) is 5.00 Å². The molecule has 0 radical (unpaired) electrons. The summed E-state index contributed by atoms with van der Waals surface area (Å²) in [6.07, 6.45) is 3.50. The fourth-order valence-corrected chi connectivity index (χ4v) is 5.36. The SMILES string of the molecule is Cc1sc(NC(=O)C23CC(C(=O)O)(C2)C3)c(-c2nc(C3CC3)no2)c1C. The molecule has 7 nitrogen and oxygen atoms in total. The average molecular weight is 373 g/mol. The number of hydrogen-bond donors (Lipinski definition) is 2. The summed E-state index contributed by atoms with van der Waals surface area (Å²) in [4.78, 5) is 29.6. The van der Waals surface area contributed by atoms with Crippen LogP contribution >= 0.6 is 11.3 Å². The van der Waals surface area contributed by atoms with Crippen LogP contribution in [0.25, 0.3) is 11.5 Å². The Morgan fingerprint density at radius 3 is 2.54 bits per heavy atom. The molecular formula is C18H19N3O4S. The first kappa shape index (κ1) is 16.0. The van der Waals surface area contributed by atoms with Gasteiger partial charge in [-0.3, -0.25) is 9.59 Å². The van der Waals surface area contributed by atoms with Gasteiger partial charge in [0.05, 0.1) is 16.4 Å². The third-order valence-electron chi connectivity index (χ3n) is 6.18. The summed E-state index contributed by atoms with van der Waals surface area (Å²) in [5.74, 6) is 0.713. The molecule has 2 aromatic heterocycles. The van der Waals surface area contributed by atoms with Crippen molar-refractivity contribution in [2.24, 2.45) is 10.8 Å². The van der Waals surface area contributed by atoms with Crippen molar-refractivity contribution in [2.45, 2.75) is 51.9 Å². The van der Waals surface area contributed by atoms with Crippen LogP contribution < -0.4 is 5.32 Å². The standard InChI is InChI=1S/C18H19N3O4S/c1-8-9(2)26-14(11(8)13-19-12(21-25-13)10-3-4-10)20-15(22)17-5-18(6-17,7-17)16(23)24/h10H,3-7H2,1-2H3,(H,20,22)(H,23,24). The number of aryl methyl sites for hydroxylation is 1. The molecule has 4 fully saturated rings. The molecule has 8 heteroatoms. The number of rotatable bonds is 5. The highest BCUT2D eigenvalue weighted by molar-refractivity contribution is 7.17. The fraction of sp³-hybridized carbons (Fsp3) is 0.556. The van der Waals surface area contributed by atoms with E-state index in [1.165, 1.54) is 11.3 Å². The maximum Gasteiger partial charge on any atom is 0.309 e. The number of carboxylic acid groups (broad SMARTS) is 1. The van der Waals surface area contributed by atoms with Gasteiger partial charge in [0.15, 0.2) is 5.82 Å². The van der Waals surface area contributed by atoms with Gasteiger partial charge in [-0.15, -0.1) is 11.3 Å². The minimum Gasteiger partial charge on any atom is -0.481 e. The molecule has 0 unspecified atom stereocenters. The summed E-state index contributed by atoms with van der Waals surface area (Å²) >= 11 is 1.49. The number of nitrogens with zero attached hydrogens (tertiary/aromatic N) is 2. The second kappa shape index (κ2) is 4.94. The fourth-order valence-electron chi connectivity index (χ4n) is 4.31. The maximum absolute atomic E-state index is 12.8. The van der Waals surface area contributed by atoms with Crippen molar-refractivity contribution in [3.8, 4) is 11.5 Å². The lowest BCUT2D eigenvalue weighted by Gasteiger charge is -2.66. The predicted molar refractivity (Wildman–Crippen MR) is 94.0 cm³/mol. The van der Waals surface area contributed by atoms with Gasteiger partial charge in [-0.25, -0.2) is 0 Å². The van der Waals surface area contributed by atoms with Crippen LogP contribution in [0.4, 0.5) is 5.00 Å². The van der Waals surface area contributed by atoms with Gasteiger partial charge in [-0.05, 0) is 51.5 Å². The molecule has 0 aliphatic heterocycles. The molecule has 2 heterocycles. The zero-order chi connectivity index (χ0) is 18.3. The normalized spacial score (nSPS) is 29.0. The average Bonchev–Trinajstić information content (AvgIpc) is 3.16. The Hall–Kier alpha value is -2.22. The van der Waals surface area contributed by atoms with Gasteiger partial charge in [0.25, 0.3) is 5.89 Å². The molecule has 2 bridgehead atoms. The van der Waals surface area contributed by atoms with Crippen molar-refractivity contribution in [1.29, 1.82) is 0 Å². The van der Waals surface area contributed by atoms with Gasteiger partial charge >= 0.3 is 5.97 Å². The Labute approximate surface area is 153 Å². The van der Waals surface area contributed by atoms with Crippen molar-refractivity contribution in [3.05, 3.63) is 16.3 Å². The van der Waals surface area contributed by atoms with Crippen LogP contribution in [-0.2, 0) is 9.59 Å². The van der Waals surface area contributed by atoms with Crippen LogP contribution in [0.3, 0.4) is 0 Å². The monoisotopic (exact) mass is 373 g/mol.